The summed E-state index contributed by atoms with van der Waals surface area (Å²) >= 11 is 0. The van der Waals surface area contributed by atoms with E-state index in [9.17, 15) is 4.79 Å². The van der Waals surface area contributed by atoms with Gasteiger partial charge in [0.15, 0.2) is 0 Å². The molecule has 0 radical (unpaired) electrons. The summed E-state index contributed by atoms with van der Waals surface area (Å²) in [7, 11) is 0. The molecule has 0 aliphatic heterocycles. The number of hydrogen-bond acceptors (Lipinski definition) is 2. The van der Waals surface area contributed by atoms with Gasteiger partial charge < -0.3 is 4.98 Å². The molecule has 0 fully saturated rings. The molecule has 1 N–H and O–H groups in total. The highest BCUT2D eigenvalue weighted by molar-refractivity contribution is 5.78. The number of nitrogens with zero attached hydrogens (tertiary/aromatic N) is 2. The van der Waals surface area contributed by atoms with Crippen molar-refractivity contribution in [1.29, 1.82) is 0 Å². The van der Waals surface area contributed by atoms with E-state index in [4.69, 9.17) is 0 Å². The third-order valence-electron chi connectivity index (χ3n) is 3.01. The molecule has 0 unspecified atom stereocenters. The summed E-state index contributed by atoms with van der Waals surface area (Å²) in [5, 5.41) is 5.14. The maximum Gasteiger partial charge on any atom is 0.291 e. The monoisotopic (exact) mass is 247 g/mol. The van der Waals surface area contributed by atoms with Crippen molar-refractivity contribution >= 4 is 10.9 Å². The Labute approximate surface area is 107 Å². The molecular formula is C14H21N3O. The first-order valence-corrected chi connectivity index (χ1v) is 6.23. The van der Waals surface area contributed by atoms with E-state index in [0.29, 0.717) is 5.52 Å². The SMILES string of the molecule is CC(C)(C)c1cc2cnn(C(C)(C)C)c(=O)c2[nH]1. The van der Waals surface area contributed by atoms with Crippen molar-refractivity contribution in [3.8, 4) is 0 Å². The molecule has 4 nitrogen and oxygen atoms in total. The van der Waals surface area contributed by atoms with Crippen LogP contribution in [0.3, 0.4) is 0 Å². The van der Waals surface area contributed by atoms with Gasteiger partial charge in [-0.25, -0.2) is 4.68 Å². The Hall–Kier alpha value is -1.58. The van der Waals surface area contributed by atoms with E-state index in [1.165, 1.54) is 4.68 Å². The van der Waals surface area contributed by atoms with E-state index in [0.717, 1.165) is 11.1 Å². The molecule has 98 valence electrons. The minimum atomic E-state index is -0.307. The Bertz CT molecular complexity index is 636. The molecule has 0 aliphatic rings. The maximum absolute atomic E-state index is 12.4. The van der Waals surface area contributed by atoms with Crippen molar-refractivity contribution in [1.82, 2.24) is 14.8 Å². The van der Waals surface area contributed by atoms with Crippen LogP contribution in [0.4, 0.5) is 0 Å². The lowest BCUT2D eigenvalue weighted by Gasteiger charge is -2.20. The lowest BCUT2D eigenvalue weighted by molar-refractivity contribution is 0.340. The predicted octanol–water partition coefficient (Wildman–Crippen LogP) is 2.78. The van der Waals surface area contributed by atoms with E-state index < -0.39 is 0 Å². The topological polar surface area (TPSA) is 50.7 Å². The number of aromatic amines is 1. The van der Waals surface area contributed by atoms with Crippen LogP contribution in [0, 0.1) is 0 Å². The average molecular weight is 247 g/mol. The zero-order chi connectivity index (χ0) is 13.7. The highest BCUT2D eigenvalue weighted by Gasteiger charge is 2.21. The second kappa shape index (κ2) is 3.70. The third-order valence-corrected chi connectivity index (χ3v) is 3.01. The van der Waals surface area contributed by atoms with Crippen LogP contribution < -0.4 is 5.56 Å². The number of rotatable bonds is 0. The van der Waals surface area contributed by atoms with Crippen LogP contribution in [0.15, 0.2) is 17.1 Å². The molecule has 0 saturated carbocycles. The normalized spacial score (nSPS) is 13.2. The van der Waals surface area contributed by atoms with Crippen LogP contribution in [0.5, 0.6) is 0 Å². The lowest BCUT2D eigenvalue weighted by atomic mass is 9.92. The Morgan fingerprint density at radius 1 is 1.17 bits per heavy atom. The van der Waals surface area contributed by atoms with Crippen molar-refractivity contribution in [2.24, 2.45) is 0 Å². The van der Waals surface area contributed by atoms with E-state index in [1.54, 1.807) is 6.20 Å². The summed E-state index contributed by atoms with van der Waals surface area (Å²) < 4.78 is 1.53. The second-order valence-electron chi connectivity index (χ2n) is 6.80. The van der Waals surface area contributed by atoms with Crippen molar-refractivity contribution in [2.45, 2.75) is 52.5 Å². The summed E-state index contributed by atoms with van der Waals surface area (Å²) in [5.74, 6) is 0. The van der Waals surface area contributed by atoms with Crippen LogP contribution in [0.2, 0.25) is 0 Å². The van der Waals surface area contributed by atoms with Crippen LogP contribution in [-0.4, -0.2) is 14.8 Å². The van der Waals surface area contributed by atoms with Crippen LogP contribution in [-0.2, 0) is 11.0 Å². The van der Waals surface area contributed by atoms with Gasteiger partial charge in [-0.15, -0.1) is 0 Å². The van der Waals surface area contributed by atoms with Gasteiger partial charge in [0.05, 0.1) is 11.7 Å². The quantitative estimate of drug-likeness (QED) is 0.778. The van der Waals surface area contributed by atoms with Gasteiger partial charge in [0.1, 0.15) is 5.52 Å². The maximum atomic E-state index is 12.4. The van der Waals surface area contributed by atoms with Crippen molar-refractivity contribution in [3.05, 3.63) is 28.3 Å². The molecule has 2 aromatic heterocycles. The molecular weight excluding hydrogens is 226 g/mol. The smallest absolute Gasteiger partial charge is 0.291 e. The zero-order valence-electron chi connectivity index (χ0n) is 12.0. The minimum Gasteiger partial charge on any atom is -0.353 e. The highest BCUT2D eigenvalue weighted by Crippen LogP contribution is 2.24. The van der Waals surface area contributed by atoms with Crippen LogP contribution >= 0.6 is 0 Å². The molecule has 0 amide bonds. The third kappa shape index (κ3) is 2.07. The molecule has 0 aromatic carbocycles. The first kappa shape index (κ1) is 12.9. The zero-order valence-corrected chi connectivity index (χ0v) is 12.0. The van der Waals surface area contributed by atoms with Gasteiger partial charge in [0, 0.05) is 16.5 Å². The van der Waals surface area contributed by atoms with E-state index in [-0.39, 0.29) is 16.5 Å². The molecule has 0 aliphatic carbocycles. The van der Waals surface area contributed by atoms with Crippen LogP contribution in [0.1, 0.15) is 47.2 Å². The van der Waals surface area contributed by atoms with Crippen molar-refractivity contribution in [3.63, 3.8) is 0 Å². The molecule has 4 heteroatoms. The minimum absolute atomic E-state index is 0.00196. The molecule has 0 bridgehead atoms. The van der Waals surface area contributed by atoms with E-state index >= 15 is 0 Å². The molecule has 0 atom stereocenters. The number of nitrogens with one attached hydrogen (secondary N) is 1. The number of fused-ring (bicyclic) bond motifs is 1. The largest absolute Gasteiger partial charge is 0.353 e. The van der Waals surface area contributed by atoms with Gasteiger partial charge in [0.25, 0.3) is 5.56 Å². The molecule has 2 rings (SSSR count). The highest BCUT2D eigenvalue weighted by atomic mass is 16.1. The fourth-order valence-electron chi connectivity index (χ4n) is 1.91. The summed E-state index contributed by atoms with van der Waals surface area (Å²) in [5.41, 5.74) is 1.33. The van der Waals surface area contributed by atoms with E-state index in [2.05, 4.69) is 30.9 Å². The first-order chi connectivity index (χ1) is 8.10. The van der Waals surface area contributed by atoms with Gasteiger partial charge in [-0.3, -0.25) is 4.79 Å². The Morgan fingerprint density at radius 2 is 1.78 bits per heavy atom. The standard InChI is InChI=1S/C14H21N3O/c1-13(2,3)10-7-9-8-15-17(14(4,5)6)12(18)11(9)16-10/h7-8,16H,1-6H3. The van der Waals surface area contributed by atoms with Crippen LogP contribution in [0.25, 0.3) is 10.9 Å². The van der Waals surface area contributed by atoms with Gasteiger partial charge in [-0.1, -0.05) is 20.8 Å². The predicted molar refractivity (Wildman–Crippen MR) is 74.0 cm³/mol. The summed E-state index contributed by atoms with van der Waals surface area (Å²) in [6.07, 6.45) is 1.76. The van der Waals surface area contributed by atoms with Crippen molar-refractivity contribution < 1.29 is 0 Å². The number of aromatic nitrogens is 3. The van der Waals surface area contributed by atoms with Gasteiger partial charge in [-0.2, -0.15) is 5.10 Å². The van der Waals surface area contributed by atoms with Gasteiger partial charge in [-0.05, 0) is 26.8 Å². The van der Waals surface area contributed by atoms with Crippen molar-refractivity contribution in [2.75, 3.05) is 0 Å². The Balaban J connectivity index is 2.73. The lowest BCUT2D eigenvalue weighted by Crippen LogP contribution is -2.35. The summed E-state index contributed by atoms with van der Waals surface area (Å²) in [6.45, 7) is 12.3. The molecule has 2 heterocycles. The molecule has 0 saturated heterocycles. The average Bonchev–Trinajstić information content (AvgIpc) is 2.59. The number of H-pyrrole nitrogens is 1. The fraction of sp³-hybridized carbons (Fsp3) is 0.571. The molecule has 18 heavy (non-hydrogen) atoms. The fourth-order valence-corrected chi connectivity index (χ4v) is 1.91. The molecule has 2 aromatic rings. The van der Waals surface area contributed by atoms with Gasteiger partial charge >= 0.3 is 0 Å². The summed E-state index contributed by atoms with van der Waals surface area (Å²) in [4.78, 5) is 15.6. The Morgan fingerprint density at radius 3 is 2.28 bits per heavy atom. The van der Waals surface area contributed by atoms with E-state index in [1.807, 2.05) is 26.8 Å². The number of hydrogen-bond donors (Lipinski definition) is 1. The second-order valence-corrected chi connectivity index (χ2v) is 6.80. The Kier molecular flexibility index (Phi) is 2.65. The van der Waals surface area contributed by atoms with Gasteiger partial charge in [0.2, 0.25) is 0 Å². The first-order valence-electron chi connectivity index (χ1n) is 6.23. The molecule has 0 spiro atoms. The summed E-state index contributed by atoms with van der Waals surface area (Å²) in [6, 6.07) is 2.01.